The van der Waals surface area contributed by atoms with E-state index in [9.17, 15) is 14.4 Å². The molecule has 192 valence electrons. The zero-order valence-electron chi connectivity index (χ0n) is 20.4. The fourth-order valence-corrected chi connectivity index (χ4v) is 4.85. The number of amides is 3. The summed E-state index contributed by atoms with van der Waals surface area (Å²) in [5, 5.41) is 2.48. The summed E-state index contributed by atoms with van der Waals surface area (Å²) in [5.41, 5.74) is 1.81. The number of piperazine rings is 1. The summed E-state index contributed by atoms with van der Waals surface area (Å²) < 4.78 is 26.0. The van der Waals surface area contributed by atoms with E-state index >= 15 is 4.39 Å². The van der Waals surface area contributed by atoms with Crippen LogP contribution in [0.4, 0.5) is 20.6 Å². The van der Waals surface area contributed by atoms with E-state index in [0.717, 1.165) is 5.56 Å². The Morgan fingerprint density at radius 3 is 2.53 bits per heavy atom. The van der Waals surface area contributed by atoms with Crippen molar-refractivity contribution < 1.29 is 28.2 Å². The SMILES string of the molecule is CC1CN(c2ccc(N3CC(CNC=O)OC3=O)cc2F)CC(C)N1C(=O)COCc1ccccc1. The molecule has 4 rings (SSSR count). The smallest absolute Gasteiger partial charge is 0.414 e. The lowest BCUT2D eigenvalue weighted by Crippen LogP contribution is -2.59. The van der Waals surface area contributed by atoms with Crippen molar-refractivity contribution in [2.24, 2.45) is 0 Å². The molecule has 2 saturated heterocycles. The molecule has 1 N–H and O–H groups in total. The van der Waals surface area contributed by atoms with Crippen LogP contribution in [-0.4, -0.2) is 74.3 Å². The Hall–Kier alpha value is -3.66. The van der Waals surface area contributed by atoms with Crippen molar-refractivity contribution in [1.29, 1.82) is 0 Å². The summed E-state index contributed by atoms with van der Waals surface area (Å²) in [4.78, 5) is 40.6. The van der Waals surface area contributed by atoms with Crippen LogP contribution in [0.25, 0.3) is 0 Å². The predicted octanol–water partition coefficient (Wildman–Crippen LogP) is 2.54. The number of carbonyl (C=O) groups excluding carboxylic acids is 3. The van der Waals surface area contributed by atoms with Crippen LogP contribution in [0.2, 0.25) is 0 Å². The van der Waals surface area contributed by atoms with Gasteiger partial charge in [-0.2, -0.15) is 0 Å². The number of hydrogen-bond donors (Lipinski definition) is 1. The van der Waals surface area contributed by atoms with Crippen molar-refractivity contribution in [2.45, 2.75) is 38.6 Å². The normalized spacial score (nSPS) is 21.9. The van der Waals surface area contributed by atoms with Crippen LogP contribution >= 0.6 is 0 Å². The number of anilines is 2. The quantitative estimate of drug-likeness (QED) is 0.535. The first kappa shape index (κ1) is 25.4. The summed E-state index contributed by atoms with van der Waals surface area (Å²) in [7, 11) is 0. The van der Waals surface area contributed by atoms with Gasteiger partial charge in [-0.05, 0) is 37.6 Å². The first-order valence-electron chi connectivity index (χ1n) is 12.0. The second-order valence-electron chi connectivity index (χ2n) is 9.16. The van der Waals surface area contributed by atoms with Gasteiger partial charge in [0.15, 0.2) is 0 Å². The lowest BCUT2D eigenvalue weighted by Gasteiger charge is -2.45. The van der Waals surface area contributed by atoms with Crippen molar-refractivity contribution >= 4 is 29.8 Å². The molecule has 2 heterocycles. The molecule has 3 unspecified atom stereocenters. The number of ether oxygens (including phenoxy) is 2. The van der Waals surface area contributed by atoms with Crippen LogP contribution in [-0.2, 0) is 25.7 Å². The Labute approximate surface area is 209 Å². The van der Waals surface area contributed by atoms with E-state index in [-0.39, 0.29) is 37.7 Å². The van der Waals surface area contributed by atoms with Gasteiger partial charge in [-0.3, -0.25) is 14.5 Å². The highest BCUT2D eigenvalue weighted by Crippen LogP contribution is 2.30. The molecule has 0 saturated carbocycles. The summed E-state index contributed by atoms with van der Waals surface area (Å²) in [5.74, 6) is -0.548. The van der Waals surface area contributed by atoms with Crippen molar-refractivity contribution in [3.05, 3.63) is 59.9 Å². The van der Waals surface area contributed by atoms with Crippen LogP contribution in [0.15, 0.2) is 48.5 Å². The molecule has 2 aromatic carbocycles. The number of nitrogens with zero attached hydrogens (tertiary/aromatic N) is 3. The van der Waals surface area contributed by atoms with Gasteiger partial charge in [0.2, 0.25) is 12.3 Å². The standard InChI is InChI=1S/C26H31FN4O5/c1-18-12-29(13-19(2)31(18)25(33)16-35-15-20-6-4-3-5-7-20)24-9-8-21(10-23(24)27)30-14-22(11-28-17-32)36-26(30)34/h3-10,17-19,22H,11-16H2,1-2H3,(H,28,32). The lowest BCUT2D eigenvalue weighted by molar-refractivity contribution is -0.141. The molecule has 0 aromatic heterocycles. The predicted molar refractivity (Wildman–Crippen MR) is 132 cm³/mol. The molecular weight excluding hydrogens is 467 g/mol. The van der Waals surface area contributed by atoms with E-state index in [1.165, 1.54) is 11.0 Å². The highest BCUT2D eigenvalue weighted by atomic mass is 19.1. The maximum Gasteiger partial charge on any atom is 0.414 e. The van der Waals surface area contributed by atoms with Gasteiger partial charge in [0.25, 0.3) is 0 Å². The van der Waals surface area contributed by atoms with Crippen LogP contribution in [0.5, 0.6) is 0 Å². The largest absolute Gasteiger partial charge is 0.442 e. The first-order valence-corrected chi connectivity index (χ1v) is 12.0. The molecule has 2 fully saturated rings. The minimum absolute atomic E-state index is 0.0120. The Morgan fingerprint density at radius 1 is 1.14 bits per heavy atom. The zero-order chi connectivity index (χ0) is 25.7. The molecule has 0 aliphatic carbocycles. The van der Waals surface area contributed by atoms with Gasteiger partial charge in [0.1, 0.15) is 18.5 Å². The molecule has 2 aliphatic rings. The number of halogens is 1. The number of nitrogens with one attached hydrogen (secondary N) is 1. The Balaban J connectivity index is 1.35. The molecule has 0 radical (unpaired) electrons. The molecular formula is C26H31FN4O5. The van der Waals surface area contributed by atoms with E-state index < -0.39 is 18.0 Å². The maximum atomic E-state index is 15.2. The molecule has 2 aliphatic heterocycles. The first-order chi connectivity index (χ1) is 17.4. The van der Waals surface area contributed by atoms with Crippen molar-refractivity contribution in [1.82, 2.24) is 10.2 Å². The Bertz CT molecular complexity index is 1070. The Kier molecular flexibility index (Phi) is 8.04. The fraction of sp³-hybridized carbons (Fsp3) is 0.423. The van der Waals surface area contributed by atoms with Crippen LogP contribution < -0.4 is 15.1 Å². The van der Waals surface area contributed by atoms with Crippen LogP contribution in [0.3, 0.4) is 0 Å². The van der Waals surface area contributed by atoms with Gasteiger partial charge in [-0.25, -0.2) is 9.18 Å². The van der Waals surface area contributed by atoms with Gasteiger partial charge in [-0.15, -0.1) is 0 Å². The Morgan fingerprint density at radius 2 is 1.86 bits per heavy atom. The summed E-state index contributed by atoms with van der Waals surface area (Å²) in [6.07, 6.45) is -0.531. The van der Waals surface area contributed by atoms with Crippen LogP contribution in [0.1, 0.15) is 19.4 Å². The minimum atomic E-state index is -0.580. The number of cyclic esters (lactones) is 1. The molecule has 0 spiro atoms. The van der Waals surface area contributed by atoms with E-state index in [1.807, 2.05) is 54.0 Å². The number of hydrogen-bond acceptors (Lipinski definition) is 6. The third-order valence-corrected chi connectivity index (χ3v) is 6.43. The average molecular weight is 499 g/mol. The second kappa shape index (κ2) is 11.4. The number of rotatable bonds is 9. The molecule has 0 bridgehead atoms. The summed E-state index contributed by atoms with van der Waals surface area (Å²) in [6.45, 7) is 5.59. The summed E-state index contributed by atoms with van der Waals surface area (Å²) in [6, 6.07) is 14.0. The monoisotopic (exact) mass is 498 g/mol. The average Bonchev–Trinajstić information content (AvgIpc) is 3.23. The van der Waals surface area contributed by atoms with E-state index in [4.69, 9.17) is 9.47 Å². The van der Waals surface area contributed by atoms with Crippen LogP contribution in [0, 0.1) is 5.82 Å². The van der Waals surface area contributed by atoms with Gasteiger partial charge < -0.3 is 24.6 Å². The molecule has 9 nitrogen and oxygen atoms in total. The fourth-order valence-electron chi connectivity index (χ4n) is 4.85. The highest BCUT2D eigenvalue weighted by Gasteiger charge is 2.35. The van der Waals surface area contributed by atoms with Crippen molar-refractivity contribution in [2.75, 3.05) is 42.6 Å². The van der Waals surface area contributed by atoms with Gasteiger partial charge in [-0.1, -0.05) is 30.3 Å². The lowest BCUT2D eigenvalue weighted by atomic mass is 10.1. The van der Waals surface area contributed by atoms with Gasteiger partial charge in [0, 0.05) is 25.2 Å². The third-order valence-electron chi connectivity index (χ3n) is 6.43. The molecule has 2 aromatic rings. The topological polar surface area (TPSA) is 91.4 Å². The molecule has 3 atom stereocenters. The maximum absolute atomic E-state index is 15.2. The van der Waals surface area contributed by atoms with E-state index in [2.05, 4.69) is 5.32 Å². The molecule has 10 heteroatoms. The highest BCUT2D eigenvalue weighted by molar-refractivity contribution is 5.90. The van der Waals surface area contributed by atoms with E-state index in [1.54, 1.807) is 12.1 Å². The molecule has 3 amide bonds. The number of carbonyl (C=O) groups is 3. The van der Waals surface area contributed by atoms with E-state index in [0.29, 0.717) is 37.5 Å². The third kappa shape index (κ3) is 5.76. The van der Waals surface area contributed by atoms with Gasteiger partial charge in [0.05, 0.1) is 31.1 Å². The number of benzene rings is 2. The van der Waals surface area contributed by atoms with Crippen molar-refractivity contribution in [3.63, 3.8) is 0 Å². The molecule has 36 heavy (non-hydrogen) atoms. The van der Waals surface area contributed by atoms with Gasteiger partial charge >= 0.3 is 6.09 Å². The minimum Gasteiger partial charge on any atom is -0.442 e. The summed E-state index contributed by atoms with van der Waals surface area (Å²) >= 11 is 0. The van der Waals surface area contributed by atoms with Crippen molar-refractivity contribution in [3.8, 4) is 0 Å². The second-order valence-corrected chi connectivity index (χ2v) is 9.16. The zero-order valence-corrected chi connectivity index (χ0v) is 20.4.